The van der Waals surface area contributed by atoms with Gasteiger partial charge >= 0.3 is 5.97 Å². The molecule has 1 saturated carbocycles. The number of esters is 1. The van der Waals surface area contributed by atoms with Crippen LogP contribution >= 0.6 is 0 Å². The minimum Gasteiger partial charge on any atom is -0.457 e. The maximum atomic E-state index is 11.4. The lowest BCUT2D eigenvalue weighted by Crippen LogP contribution is -2.22. The Kier molecular flexibility index (Phi) is 5.73. The SMILES string of the molecule is CC(C)(C)OC(=O)/C=C/CCC1CCCCC1. The van der Waals surface area contributed by atoms with E-state index >= 15 is 0 Å². The topological polar surface area (TPSA) is 26.3 Å². The molecule has 2 nitrogen and oxygen atoms in total. The molecule has 0 bridgehead atoms. The van der Waals surface area contributed by atoms with Crippen LogP contribution in [0, 0.1) is 5.92 Å². The molecule has 2 heteroatoms. The van der Waals surface area contributed by atoms with E-state index in [4.69, 9.17) is 4.74 Å². The summed E-state index contributed by atoms with van der Waals surface area (Å²) in [6, 6.07) is 0. The van der Waals surface area contributed by atoms with Crippen molar-refractivity contribution in [1.29, 1.82) is 0 Å². The summed E-state index contributed by atoms with van der Waals surface area (Å²) in [7, 11) is 0. The molecule has 0 saturated heterocycles. The van der Waals surface area contributed by atoms with E-state index in [0.717, 1.165) is 12.3 Å². The highest BCUT2D eigenvalue weighted by molar-refractivity contribution is 5.82. The summed E-state index contributed by atoms with van der Waals surface area (Å²) in [5.41, 5.74) is -0.384. The predicted molar refractivity (Wildman–Crippen MR) is 70.8 cm³/mol. The van der Waals surface area contributed by atoms with Crippen LogP contribution in [0.2, 0.25) is 0 Å². The largest absolute Gasteiger partial charge is 0.457 e. The van der Waals surface area contributed by atoms with Gasteiger partial charge in [-0.2, -0.15) is 0 Å². The Morgan fingerprint density at radius 1 is 1.24 bits per heavy atom. The molecule has 1 aliphatic rings. The van der Waals surface area contributed by atoms with Gasteiger partial charge in [0.1, 0.15) is 5.60 Å². The van der Waals surface area contributed by atoms with Crippen molar-refractivity contribution in [3.8, 4) is 0 Å². The maximum Gasteiger partial charge on any atom is 0.330 e. The van der Waals surface area contributed by atoms with Crippen molar-refractivity contribution in [3.05, 3.63) is 12.2 Å². The van der Waals surface area contributed by atoms with Crippen LogP contribution in [0.25, 0.3) is 0 Å². The molecule has 0 aliphatic heterocycles. The van der Waals surface area contributed by atoms with E-state index in [9.17, 15) is 4.79 Å². The predicted octanol–water partition coefficient (Wildman–Crippen LogP) is 4.24. The van der Waals surface area contributed by atoms with E-state index in [0.29, 0.717) is 0 Å². The van der Waals surface area contributed by atoms with Gasteiger partial charge < -0.3 is 4.74 Å². The molecule has 0 N–H and O–H groups in total. The van der Waals surface area contributed by atoms with E-state index < -0.39 is 0 Å². The van der Waals surface area contributed by atoms with Crippen molar-refractivity contribution in [2.24, 2.45) is 5.92 Å². The Hall–Kier alpha value is -0.790. The van der Waals surface area contributed by atoms with Gasteiger partial charge in [0, 0.05) is 6.08 Å². The van der Waals surface area contributed by atoms with Crippen LogP contribution in [0.3, 0.4) is 0 Å². The van der Waals surface area contributed by atoms with Crippen LogP contribution in [0.5, 0.6) is 0 Å². The molecule has 17 heavy (non-hydrogen) atoms. The second kappa shape index (κ2) is 6.83. The summed E-state index contributed by atoms with van der Waals surface area (Å²) in [6.45, 7) is 5.67. The van der Waals surface area contributed by atoms with Crippen molar-refractivity contribution < 1.29 is 9.53 Å². The number of ether oxygens (including phenoxy) is 1. The molecule has 0 spiro atoms. The lowest BCUT2D eigenvalue weighted by Gasteiger charge is -2.20. The summed E-state index contributed by atoms with van der Waals surface area (Å²) in [5, 5.41) is 0. The molecule has 0 aromatic heterocycles. The molecular weight excluding hydrogens is 212 g/mol. The monoisotopic (exact) mass is 238 g/mol. The van der Waals surface area contributed by atoms with Gasteiger partial charge in [-0.05, 0) is 39.5 Å². The quantitative estimate of drug-likeness (QED) is 0.541. The second-order valence-electron chi connectivity index (χ2n) is 6.02. The third kappa shape index (κ3) is 7.19. The van der Waals surface area contributed by atoms with Crippen LogP contribution in [0.15, 0.2) is 12.2 Å². The van der Waals surface area contributed by atoms with E-state index in [1.165, 1.54) is 38.5 Å². The number of hydrogen-bond donors (Lipinski definition) is 0. The standard InChI is InChI=1S/C15H26O2/c1-15(2,3)17-14(16)12-8-7-11-13-9-5-4-6-10-13/h8,12-13H,4-7,9-11H2,1-3H3/b12-8+. The first-order chi connectivity index (χ1) is 7.97. The average Bonchev–Trinajstić information content (AvgIpc) is 2.23. The first kappa shape index (κ1) is 14.3. The van der Waals surface area contributed by atoms with Gasteiger partial charge in [-0.3, -0.25) is 0 Å². The number of carbonyl (C=O) groups is 1. The highest BCUT2D eigenvalue weighted by atomic mass is 16.6. The smallest absolute Gasteiger partial charge is 0.330 e. The summed E-state index contributed by atoms with van der Waals surface area (Å²) in [4.78, 5) is 11.4. The van der Waals surface area contributed by atoms with Gasteiger partial charge in [0.15, 0.2) is 0 Å². The Morgan fingerprint density at radius 2 is 1.88 bits per heavy atom. The molecule has 1 fully saturated rings. The zero-order chi connectivity index (χ0) is 12.7. The van der Waals surface area contributed by atoms with Crippen LogP contribution in [0.4, 0.5) is 0 Å². The molecule has 0 unspecified atom stereocenters. The molecule has 0 radical (unpaired) electrons. The molecule has 0 amide bonds. The van der Waals surface area contributed by atoms with Crippen molar-refractivity contribution in [3.63, 3.8) is 0 Å². The van der Waals surface area contributed by atoms with Crippen molar-refractivity contribution in [2.45, 2.75) is 71.3 Å². The second-order valence-corrected chi connectivity index (χ2v) is 6.02. The molecular formula is C15H26O2. The molecule has 0 heterocycles. The van der Waals surface area contributed by atoms with E-state index in [-0.39, 0.29) is 11.6 Å². The van der Waals surface area contributed by atoms with Crippen LogP contribution in [-0.4, -0.2) is 11.6 Å². The zero-order valence-corrected chi connectivity index (χ0v) is 11.5. The third-order valence-corrected chi connectivity index (χ3v) is 3.13. The maximum absolute atomic E-state index is 11.4. The minimum absolute atomic E-state index is 0.221. The summed E-state index contributed by atoms with van der Waals surface area (Å²) >= 11 is 0. The fourth-order valence-electron chi connectivity index (χ4n) is 2.32. The van der Waals surface area contributed by atoms with Crippen LogP contribution in [-0.2, 0) is 9.53 Å². The Morgan fingerprint density at radius 3 is 2.47 bits per heavy atom. The van der Waals surface area contributed by atoms with Gasteiger partial charge in [0.2, 0.25) is 0 Å². The lowest BCUT2D eigenvalue weighted by molar-refractivity contribution is -0.148. The zero-order valence-electron chi connectivity index (χ0n) is 11.5. The fourth-order valence-corrected chi connectivity index (χ4v) is 2.32. The Labute approximate surface area is 105 Å². The Balaban J connectivity index is 2.14. The third-order valence-electron chi connectivity index (χ3n) is 3.13. The Bertz CT molecular complexity index is 255. The first-order valence-corrected chi connectivity index (χ1v) is 6.87. The van der Waals surface area contributed by atoms with Crippen molar-refractivity contribution in [2.75, 3.05) is 0 Å². The van der Waals surface area contributed by atoms with Crippen LogP contribution < -0.4 is 0 Å². The van der Waals surface area contributed by atoms with Crippen molar-refractivity contribution >= 4 is 5.97 Å². The first-order valence-electron chi connectivity index (χ1n) is 6.87. The molecule has 1 aliphatic carbocycles. The number of hydrogen-bond acceptors (Lipinski definition) is 2. The number of rotatable bonds is 4. The van der Waals surface area contributed by atoms with E-state index in [1.807, 2.05) is 26.8 Å². The summed E-state index contributed by atoms with van der Waals surface area (Å²) in [6.07, 6.45) is 12.7. The van der Waals surface area contributed by atoms with Gasteiger partial charge in [0.25, 0.3) is 0 Å². The van der Waals surface area contributed by atoms with Gasteiger partial charge in [-0.25, -0.2) is 4.79 Å². The van der Waals surface area contributed by atoms with Gasteiger partial charge in [0.05, 0.1) is 0 Å². The molecule has 0 aromatic carbocycles. The molecule has 1 rings (SSSR count). The molecule has 0 atom stereocenters. The lowest BCUT2D eigenvalue weighted by atomic mass is 9.86. The highest BCUT2D eigenvalue weighted by Crippen LogP contribution is 2.27. The highest BCUT2D eigenvalue weighted by Gasteiger charge is 2.14. The number of carbonyl (C=O) groups excluding carboxylic acids is 1. The van der Waals surface area contributed by atoms with E-state index in [2.05, 4.69) is 0 Å². The minimum atomic E-state index is -0.384. The summed E-state index contributed by atoms with van der Waals surface area (Å²) in [5.74, 6) is 0.660. The normalized spacial score (nSPS) is 18.5. The number of allylic oxidation sites excluding steroid dienone is 1. The summed E-state index contributed by atoms with van der Waals surface area (Å²) < 4.78 is 5.20. The van der Waals surface area contributed by atoms with Crippen molar-refractivity contribution in [1.82, 2.24) is 0 Å². The van der Waals surface area contributed by atoms with Gasteiger partial charge in [-0.1, -0.05) is 38.2 Å². The van der Waals surface area contributed by atoms with Gasteiger partial charge in [-0.15, -0.1) is 0 Å². The van der Waals surface area contributed by atoms with E-state index in [1.54, 1.807) is 6.08 Å². The molecule has 98 valence electrons. The average molecular weight is 238 g/mol. The van der Waals surface area contributed by atoms with Crippen LogP contribution in [0.1, 0.15) is 65.7 Å². The molecule has 0 aromatic rings. The fraction of sp³-hybridized carbons (Fsp3) is 0.800.